The van der Waals surface area contributed by atoms with Crippen molar-refractivity contribution >= 4 is 11.7 Å². The third-order valence-electron chi connectivity index (χ3n) is 3.75. The van der Waals surface area contributed by atoms with Crippen molar-refractivity contribution in [3.63, 3.8) is 0 Å². The van der Waals surface area contributed by atoms with Crippen molar-refractivity contribution in [3.8, 4) is 0 Å². The van der Waals surface area contributed by atoms with Crippen molar-refractivity contribution in [1.29, 1.82) is 0 Å². The number of hydrogen-bond donors (Lipinski definition) is 2. The molecule has 4 nitrogen and oxygen atoms in total. The van der Waals surface area contributed by atoms with Gasteiger partial charge in [-0.05, 0) is 50.8 Å². The van der Waals surface area contributed by atoms with Gasteiger partial charge < -0.3 is 15.3 Å². The summed E-state index contributed by atoms with van der Waals surface area (Å²) >= 11 is 0. The number of anilines is 1. The van der Waals surface area contributed by atoms with Crippen LogP contribution in [-0.4, -0.2) is 36.2 Å². The number of rotatable bonds is 8. The zero-order chi connectivity index (χ0) is 14.5. The second-order valence-electron chi connectivity index (χ2n) is 5.54. The maximum atomic E-state index is 11.3. The summed E-state index contributed by atoms with van der Waals surface area (Å²) in [5.41, 5.74) is 2.40. The summed E-state index contributed by atoms with van der Waals surface area (Å²) in [5, 5.41) is 12.5. The lowest BCUT2D eigenvalue weighted by molar-refractivity contribution is -0.139. The van der Waals surface area contributed by atoms with Crippen LogP contribution < -0.4 is 10.2 Å². The highest BCUT2D eigenvalue weighted by atomic mass is 16.4. The normalized spacial score (nSPS) is 15.9. The van der Waals surface area contributed by atoms with E-state index in [-0.39, 0.29) is 0 Å². The highest BCUT2D eigenvalue weighted by molar-refractivity contribution is 5.73. The largest absolute Gasteiger partial charge is 0.480 e. The molecule has 1 aromatic rings. The van der Waals surface area contributed by atoms with E-state index in [1.165, 1.54) is 11.3 Å². The highest BCUT2D eigenvalue weighted by Crippen LogP contribution is 2.21. The standard InChI is InChI=1S/C16H24N2O2/c1-3-18(14-6-4-5-12(2)11-14)10-9-15(16(19)20)17-13-7-8-13/h4-6,11,13,15,17H,3,7-10H2,1-2H3,(H,19,20). The van der Waals surface area contributed by atoms with Crippen molar-refractivity contribution in [2.75, 3.05) is 18.0 Å². The van der Waals surface area contributed by atoms with Gasteiger partial charge in [-0.3, -0.25) is 4.79 Å². The highest BCUT2D eigenvalue weighted by Gasteiger charge is 2.28. The summed E-state index contributed by atoms with van der Waals surface area (Å²) in [5.74, 6) is -0.739. The van der Waals surface area contributed by atoms with E-state index in [0.29, 0.717) is 12.5 Å². The molecule has 0 bridgehead atoms. The molecule has 1 aliphatic rings. The van der Waals surface area contributed by atoms with Crippen LogP contribution in [0.15, 0.2) is 24.3 Å². The minimum absolute atomic E-state index is 0.421. The van der Waals surface area contributed by atoms with E-state index < -0.39 is 12.0 Å². The third-order valence-corrected chi connectivity index (χ3v) is 3.75. The Morgan fingerprint density at radius 2 is 2.25 bits per heavy atom. The maximum absolute atomic E-state index is 11.3. The van der Waals surface area contributed by atoms with Gasteiger partial charge in [0.15, 0.2) is 0 Å². The van der Waals surface area contributed by atoms with Crippen molar-refractivity contribution in [2.24, 2.45) is 0 Å². The lowest BCUT2D eigenvalue weighted by Gasteiger charge is -2.25. The van der Waals surface area contributed by atoms with Gasteiger partial charge in [0.2, 0.25) is 0 Å². The van der Waals surface area contributed by atoms with Gasteiger partial charge >= 0.3 is 5.97 Å². The van der Waals surface area contributed by atoms with E-state index in [2.05, 4.69) is 42.3 Å². The van der Waals surface area contributed by atoms with E-state index in [9.17, 15) is 9.90 Å². The zero-order valence-corrected chi connectivity index (χ0v) is 12.3. The molecule has 2 rings (SSSR count). The summed E-state index contributed by atoms with van der Waals surface area (Å²) in [6.07, 6.45) is 2.85. The van der Waals surface area contributed by atoms with Gasteiger partial charge in [0.1, 0.15) is 6.04 Å². The molecular formula is C16H24N2O2. The Balaban J connectivity index is 1.93. The molecule has 0 spiro atoms. The average molecular weight is 276 g/mol. The number of aliphatic carboxylic acids is 1. The Hall–Kier alpha value is -1.55. The molecular weight excluding hydrogens is 252 g/mol. The number of aryl methyl sites for hydroxylation is 1. The zero-order valence-electron chi connectivity index (χ0n) is 12.3. The van der Waals surface area contributed by atoms with Crippen LogP contribution in [0.25, 0.3) is 0 Å². The van der Waals surface area contributed by atoms with Crippen LogP contribution in [0.5, 0.6) is 0 Å². The van der Waals surface area contributed by atoms with E-state index in [0.717, 1.165) is 25.9 Å². The van der Waals surface area contributed by atoms with Crippen LogP contribution in [0.4, 0.5) is 5.69 Å². The molecule has 1 aromatic carbocycles. The van der Waals surface area contributed by atoms with Gasteiger partial charge in [-0.1, -0.05) is 12.1 Å². The van der Waals surface area contributed by atoms with Crippen molar-refractivity contribution < 1.29 is 9.90 Å². The Morgan fingerprint density at radius 3 is 2.80 bits per heavy atom. The van der Waals surface area contributed by atoms with Gasteiger partial charge in [0, 0.05) is 24.8 Å². The predicted molar refractivity (Wildman–Crippen MR) is 81.3 cm³/mol. The summed E-state index contributed by atoms with van der Waals surface area (Å²) in [4.78, 5) is 13.5. The predicted octanol–water partition coefficient (Wildman–Crippen LogP) is 2.42. The molecule has 1 fully saturated rings. The van der Waals surface area contributed by atoms with E-state index in [1.807, 2.05) is 6.07 Å². The summed E-state index contributed by atoms with van der Waals surface area (Å²) in [6.45, 7) is 5.83. The van der Waals surface area contributed by atoms with Crippen LogP contribution in [0, 0.1) is 6.92 Å². The van der Waals surface area contributed by atoms with Crippen LogP contribution >= 0.6 is 0 Å². The van der Waals surface area contributed by atoms with Gasteiger partial charge in [0.05, 0.1) is 0 Å². The molecule has 0 saturated heterocycles. The van der Waals surface area contributed by atoms with Gasteiger partial charge in [-0.2, -0.15) is 0 Å². The van der Waals surface area contributed by atoms with Crippen LogP contribution in [-0.2, 0) is 4.79 Å². The molecule has 2 N–H and O–H groups in total. The fourth-order valence-electron chi connectivity index (χ4n) is 2.39. The number of nitrogens with zero attached hydrogens (tertiary/aromatic N) is 1. The first kappa shape index (κ1) is 14.9. The molecule has 1 aliphatic carbocycles. The molecule has 20 heavy (non-hydrogen) atoms. The molecule has 0 heterocycles. The first-order chi connectivity index (χ1) is 9.60. The molecule has 1 unspecified atom stereocenters. The number of hydrogen-bond acceptors (Lipinski definition) is 3. The number of carboxylic acids is 1. The lowest BCUT2D eigenvalue weighted by Crippen LogP contribution is -2.41. The molecule has 4 heteroatoms. The van der Waals surface area contributed by atoms with Crippen molar-refractivity contribution in [1.82, 2.24) is 5.32 Å². The number of carbonyl (C=O) groups is 1. The molecule has 0 amide bonds. The third kappa shape index (κ3) is 4.23. The van der Waals surface area contributed by atoms with Crippen LogP contribution in [0.1, 0.15) is 31.7 Å². The smallest absolute Gasteiger partial charge is 0.320 e. The Morgan fingerprint density at radius 1 is 1.50 bits per heavy atom. The maximum Gasteiger partial charge on any atom is 0.320 e. The number of carboxylic acid groups (broad SMARTS) is 1. The van der Waals surface area contributed by atoms with Crippen LogP contribution in [0.3, 0.4) is 0 Å². The fourth-order valence-corrected chi connectivity index (χ4v) is 2.39. The number of benzene rings is 1. The van der Waals surface area contributed by atoms with Gasteiger partial charge in [-0.25, -0.2) is 0 Å². The van der Waals surface area contributed by atoms with E-state index in [4.69, 9.17) is 0 Å². The minimum atomic E-state index is -0.739. The Bertz CT molecular complexity index is 458. The summed E-state index contributed by atoms with van der Waals surface area (Å²) < 4.78 is 0. The first-order valence-electron chi connectivity index (χ1n) is 7.40. The molecule has 0 aliphatic heterocycles. The summed E-state index contributed by atoms with van der Waals surface area (Å²) in [7, 11) is 0. The van der Waals surface area contributed by atoms with Gasteiger partial charge in [-0.15, -0.1) is 0 Å². The Kier molecular flexibility index (Phi) is 5.01. The van der Waals surface area contributed by atoms with Crippen molar-refractivity contribution in [2.45, 2.75) is 45.2 Å². The topological polar surface area (TPSA) is 52.6 Å². The molecule has 110 valence electrons. The SMILES string of the molecule is CCN(CCC(NC1CC1)C(=O)O)c1cccc(C)c1. The molecule has 0 radical (unpaired) electrons. The quantitative estimate of drug-likeness (QED) is 0.765. The van der Waals surface area contributed by atoms with Gasteiger partial charge in [0.25, 0.3) is 0 Å². The fraction of sp³-hybridized carbons (Fsp3) is 0.562. The Labute approximate surface area is 120 Å². The number of nitrogens with one attached hydrogen (secondary N) is 1. The summed E-state index contributed by atoms with van der Waals surface area (Å²) in [6, 6.07) is 8.34. The second kappa shape index (κ2) is 6.75. The van der Waals surface area contributed by atoms with E-state index in [1.54, 1.807) is 0 Å². The molecule has 1 saturated carbocycles. The monoisotopic (exact) mass is 276 g/mol. The van der Waals surface area contributed by atoms with Crippen molar-refractivity contribution in [3.05, 3.63) is 29.8 Å². The van der Waals surface area contributed by atoms with Crippen LogP contribution in [0.2, 0.25) is 0 Å². The second-order valence-corrected chi connectivity index (χ2v) is 5.54. The average Bonchev–Trinajstić information content (AvgIpc) is 3.22. The minimum Gasteiger partial charge on any atom is -0.480 e. The molecule has 0 aromatic heterocycles. The molecule has 1 atom stereocenters. The first-order valence-corrected chi connectivity index (χ1v) is 7.40. The van der Waals surface area contributed by atoms with E-state index >= 15 is 0 Å². The lowest BCUT2D eigenvalue weighted by atomic mass is 10.1.